The summed E-state index contributed by atoms with van der Waals surface area (Å²) in [7, 11) is 0. The Morgan fingerprint density at radius 1 is 1.19 bits per heavy atom. The summed E-state index contributed by atoms with van der Waals surface area (Å²) in [4.78, 5) is 26.4. The first-order valence-electron chi connectivity index (χ1n) is 9.63. The number of thiophene rings is 1. The van der Waals surface area contributed by atoms with E-state index in [1.165, 1.54) is 17.8 Å². The zero-order valence-corrected chi connectivity index (χ0v) is 16.5. The number of aryl methyl sites for hydroxylation is 1. The Morgan fingerprint density at radius 3 is 2.67 bits per heavy atom. The Kier molecular flexibility index (Phi) is 6.50. The number of nitrogens with one attached hydrogen (secondary N) is 2. The van der Waals surface area contributed by atoms with Crippen molar-refractivity contribution in [3.8, 4) is 0 Å². The molecule has 0 bridgehead atoms. The van der Waals surface area contributed by atoms with Gasteiger partial charge in [0, 0.05) is 23.0 Å². The molecule has 1 aliphatic carbocycles. The number of nitrogens with two attached hydrogens (primary N) is 1. The Balaban J connectivity index is 1.69. The number of carbonyl (C=O) groups is 2. The van der Waals surface area contributed by atoms with Crippen LogP contribution in [-0.2, 0) is 17.8 Å². The molecule has 1 saturated carbocycles. The standard InChI is InChI=1S/C21H27N3O2S/c1-2-17-12-18(20(26)23-13-14-7-6-10-16(22)11-14)21(27-17)24-19(25)15-8-4-3-5-9-15/h6-7,10-12,15H,2-5,8-9,13,22H2,1H3,(H,23,26)(H,24,25). The molecule has 0 aliphatic heterocycles. The summed E-state index contributed by atoms with van der Waals surface area (Å²) >= 11 is 1.49. The molecule has 4 N–H and O–H groups in total. The maximum Gasteiger partial charge on any atom is 0.254 e. The Labute approximate surface area is 164 Å². The predicted molar refractivity (Wildman–Crippen MR) is 111 cm³/mol. The van der Waals surface area contributed by atoms with Crippen LogP contribution in [0.5, 0.6) is 0 Å². The van der Waals surface area contributed by atoms with Crippen LogP contribution in [0, 0.1) is 5.92 Å². The molecule has 1 aromatic carbocycles. The maximum atomic E-state index is 12.7. The molecule has 0 saturated heterocycles. The Morgan fingerprint density at radius 2 is 1.96 bits per heavy atom. The van der Waals surface area contributed by atoms with Crippen molar-refractivity contribution < 1.29 is 9.59 Å². The third-order valence-electron chi connectivity index (χ3n) is 4.99. The number of hydrogen-bond acceptors (Lipinski definition) is 4. The lowest BCUT2D eigenvalue weighted by atomic mass is 9.89. The number of nitrogen functional groups attached to an aromatic ring is 1. The highest BCUT2D eigenvalue weighted by Crippen LogP contribution is 2.31. The van der Waals surface area contributed by atoms with Gasteiger partial charge in [-0.1, -0.05) is 38.3 Å². The highest BCUT2D eigenvalue weighted by atomic mass is 32.1. The van der Waals surface area contributed by atoms with Crippen molar-refractivity contribution in [2.24, 2.45) is 5.92 Å². The second kappa shape index (κ2) is 9.04. The van der Waals surface area contributed by atoms with Crippen LogP contribution in [0.3, 0.4) is 0 Å². The molecule has 27 heavy (non-hydrogen) atoms. The summed E-state index contributed by atoms with van der Waals surface area (Å²) in [6.45, 7) is 2.45. The van der Waals surface area contributed by atoms with Gasteiger partial charge in [0.05, 0.1) is 5.56 Å². The predicted octanol–water partition coefficient (Wildman–Crippen LogP) is 4.34. The molecule has 144 valence electrons. The van der Waals surface area contributed by atoms with Crippen molar-refractivity contribution in [3.63, 3.8) is 0 Å². The minimum Gasteiger partial charge on any atom is -0.399 e. The number of carbonyl (C=O) groups excluding carboxylic acids is 2. The van der Waals surface area contributed by atoms with Crippen LogP contribution in [0.15, 0.2) is 30.3 Å². The number of benzene rings is 1. The summed E-state index contributed by atoms with van der Waals surface area (Å²) in [5, 5.41) is 6.62. The van der Waals surface area contributed by atoms with E-state index in [1.807, 2.05) is 37.3 Å². The van der Waals surface area contributed by atoms with Crippen LogP contribution in [0.2, 0.25) is 0 Å². The molecule has 1 fully saturated rings. The van der Waals surface area contributed by atoms with E-state index in [9.17, 15) is 9.59 Å². The second-order valence-corrected chi connectivity index (χ2v) is 8.20. The minimum absolute atomic E-state index is 0.0454. The molecule has 2 amide bonds. The Hall–Kier alpha value is -2.34. The van der Waals surface area contributed by atoms with Gasteiger partial charge in [0.2, 0.25) is 5.91 Å². The summed E-state index contributed by atoms with van der Waals surface area (Å²) in [6.07, 6.45) is 6.13. The van der Waals surface area contributed by atoms with E-state index in [1.54, 1.807) is 0 Å². The van der Waals surface area contributed by atoms with Crippen molar-refractivity contribution in [1.29, 1.82) is 0 Å². The van der Waals surface area contributed by atoms with Gasteiger partial charge in [0.25, 0.3) is 5.91 Å². The highest BCUT2D eigenvalue weighted by Gasteiger charge is 2.24. The first-order chi connectivity index (χ1) is 13.1. The van der Waals surface area contributed by atoms with Crippen LogP contribution >= 0.6 is 11.3 Å². The molecule has 5 nitrogen and oxygen atoms in total. The van der Waals surface area contributed by atoms with E-state index < -0.39 is 0 Å². The summed E-state index contributed by atoms with van der Waals surface area (Å²) in [6, 6.07) is 9.34. The van der Waals surface area contributed by atoms with Crippen molar-refractivity contribution in [3.05, 3.63) is 46.3 Å². The molecule has 0 unspecified atom stereocenters. The molecule has 1 aliphatic rings. The molecular formula is C21H27N3O2S. The maximum absolute atomic E-state index is 12.7. The smallest absolute Gasteiger partial charge is 0.254 e. The number of amides is 2. The van der Waals surface area contributed by atoms with Crippen molar-refractivity contribution in [2.45, 2.75) is 52.0 Å². The largest absolute Gasteiger partial charge is 0.399 e. The van der Waals surface area contributed by atoms with Gasteiger partial charge in [-0.2, -0.15) is 0 Å². The number of rotatable bonds is 6. The lowest BCUT2D eigenvalue weighted by Gasteiger charge is -2.20. The molecule has 1 heterocycles. The fraction of sp³-hybridized carbons (Fsp3) is 0.429. The van der Waals surface area contributed by atoms with Crippen LogP contribution in [0.4, 0.5) is 10.7 Å². The van der Waals surface area contributed by atoms with E-state index in [0.29, 0.717) is 22.8 Å². The lowest BCUT2D eigenvalue weighted by molar-refractivity contribution is -0.120. The average Bonchev–Trinajstić information content (AvgIpc) is 3.10. The molecule has 0 atom stereocenters. The second-order valence-electron chi connectivity index (χ2n) is 7.06. The fourth-order valence-electron chi connectivity index (χ4n) is 3.44. The third kappa shape index (κ3) is 5.10. The molecule has 6 heteroatoms. The van der Waals surface area contributed by atoms with Crippen molar-refractivity contribution in [1.82, 2.24) is 5.32 Å². The van der Waals surface area contributed by atoms with Gasteiger partial charge in [-0.25, -0.2) is 0 Å². The minimum atomic E-state index is -0.174. The van der Waals surface area contributed by atoms with Gasteiger partial charge < -0.3 is 16.4 Å². The van der Waals surface area contributed by atoms with E-state index in [0.717, 1.165) is 42.5 Å². The summed E-state index contributed by atoms with van der Waals surface area (Å²) < 4.78 is 0. The van der Waals surface area contributed by atoms with Gasteiger partial charge in [-0.15, -0.1) is 11.3 Å². The van der Waals surface area contributed by atoms with E-state index in [-0.39, 0.29) is 17.7 Å². The number of anilines is 2. The normalized spacial score (nSPS) is 14.7. The third-order valence-corrected chi connectivity index (χ3v) is 6.19. The Bertz CT molecular complexity index is 810. The molecule has 0 radical (unpaired) electrons. The molecule has 0 spiro atoms. The lowest BCUT2D eigenvalue weighted by Crippen LogP contribution is -2.27. The van der Waals surface area contributed by atoms with Gasteiger partial charge in [0.15, 0.2) is 0 Å². The van der Waals surface area contributed by atoms with Crippen molar-refractivity contribution in [2.75, 3.05) is 11.1 Å². The van der Waals surface area contributed by atoms with Crippen molar-refractivity contribution >= 4 is 33.8 Å². The fourth-order valence-corrected chi connectivity index (χ4v) is 4.43. The highest BCUT2D eigenvalue weighted by molar-refractivity contribution is 7.16. The molecule has 2 aromatic rings. The van der Waals surface area contributed by atoms with Crippen LogP contribution in [-0.4, -0.2) is 11.8 Å². The zero-order chi connectivity index (χ0) is 19.2. The van der Waals surface area contributed by atoms with E-state index in [2.05, 4.69) is 10.6 Å². The quantitative estimate of drug-likeness (QED) is 0.647. The van der Waals surface area contributed by atoms with Crippen LogP contribution < -0.4 is 16.4 Å². The average molecular weight is 386 g/mol. The van der Waals surface area contributed by atoms with Gasteiger partial charge >= 0.3 is 0 Å². The first-order valence-corrected chi connectivity index (χ1v) is 10.4. The topological polar surface area (TPSA) is 84.2 Å². The first kappa shape index (κ1) is 19.4. The van der Waals surface area contributed by atoms with Crippen LogP contribution in [0.1, 0.15) is 59.8 Å². The monoisotopic (exact) mass is 385 g/mol. The summed E-state index contributed by atoms with van der Waals surface area (Å²) in [5.74, 6) is -0.0643. The van der Waals surface area contributed by atoms with Gasteiger partial charge in [0.1, 0.15) is 5.00 Å². The van der Waals surface area contributed by atoms with Gasteiger partial charge in [-0.3, -0.25) is 9.59 Å². The van der Waals surface area contributed by atoms with Crippen LogP contribution in [0.25, 0.3) is 0 Å². The molecule has 3 rings (SSSR count). The van der Waals surface area contributed by atoms with E-state index in [4.69, 9.17) is 5.73 Å². The molecular weight excluding hydrogens is 358 g/mol. The number of hydrogen-bond donors (Lipinski definition) is 3. The summed E-state index contributed by atoms with van der Waals surface area (Å²) in [5.41, 5.74) is 7.95. The molecule has 1 aromatic heterocycles. The van der Waals surface area contributed by atoms with E-state index >= 15 is 0 Å². The SMILES string of the molecule is CCc1cc(C(=O)NCc2cccc(N)c2)c(NC(=O)C2CCCCC2)s1. The zero-order valence-electron chi connectivity index (χ0n) is 15.7. The van der Waals surface area contributed by atoms with Gasteiger partial charge in [-0.05, 0) is 43.0 Å².